The molecule has 1 spiro atoms. The molecule has 2 atom stereocenters. The molecular formula is C18H28N2O3. The first-order valence-corrected chi connectivity index (χ1v) is 9.35. The maximum atomic E-state index is 12.7. The third kappa shape index (κ3) is 3.00. The largest absolute Gasteiger partial charge is 0.381 e. The Hall–Kier alpha value is -1.10. The molecule has 5 nitrogen and oxygen atoms in total. The van der Waals surface area contributed by atoms with E-state index in [1.54, 1.807) is 0 Å². The lowest BCUT2D eigenvalue weighted by molar-refractivity contribution is -0.135. The minimum Gasteiger partial charge on any atom is -0.381 e. The average Bonchev–Trinajstić information content (AvgIpc) is 3.18. The first-order chi connectivity index (χ1) is 11.2. The number of hydrogen-bond donors (Lipinski definition) is 0. The Morgan fingerprint density at radius 3 is 2.78 bits per heavy atom. The number of likely N-dealkylation sites (tertiary alicyclic amines) is 2. The van der Waals surface area contributed by atoms with Crippen molar-refractivity contribution in [1.29, 1.82) is 0 Å². The van der Waals surface area contributed by atoms with Crippen molar-refractivity contribution in [2.24, 2.45) is 11.8 Å². The van der Waals surface area contributed by atoms with Crippen molar-refractivity contribution >= 4 is 11.8 Å². The fourth-order valence-corrected chi connectivity index (χ4v) is 4.63. The maximum Gasteiger partial charge on any atom is 0.228 e. The van der Waals surface area contributed by atoms with Crippen molar-refractivity contribution in [2.75, 3.05) is 32.8 Å². The summed E-state index contributed by atoms with van der Waals surface area (Å²) >= 11 is 0. The van der Waals surface area contributed by atoms with E-state index in [-0.39, 0.29) is 17.4 Å². The summed E-state index contributed by atoms with van der Waals surface area (Å²) in [4.78, 5) is 29.3. The number of amides is 2. The molecule has 128 valence electrons. The highest BCUT2D eigenvalue weighted by molar-refractivity contribution is 5.80. The molecule has 1 aliphatic carbocycles. The number of carbonyl (C=O) groups excluding carboxylic acids is 2. The van der Waals surface area contributed by atoms with E-state index in [4.69, 9.17) is 4.74 Å². The molecule has 0 unspecified atom stereocenters. The second-order valence-electron chi connectivity index (χ2n) is 7.91. The van der Waals surface area contributed by atoms with Crippen molar-refractivity contribution in [1.82, 2.24) is 9.80 Å². The fraction of sp³-hybridized carbons (Fsp3) is 0.889. The molecule has 0 aromatic rings. The van der Waals surface area contributed by atoms with Gasteiger partial charge in [0.25, 0.3) is 0 Å². The van der Waals surface area contributed by atoms with Gasteiger partial charge < -0.3 is 14.5 Å². The van der Waals surface area contributed by atoms with Crippen molar-refractivity contribution in [2.45, 2.75) is 56.9 Å². The molecule has 1 saturated carbocycles. The van der Waals surface area contributed by atoms with Crippen LogP contribution in [0, 0.1) is 11.8 Å². The van der Waals surface area contributed by atoms with Gasteiger partial charge >= 0.3 is 0 Å². The van der Waals surface area contributed by atoms with E-state index in [9.17, 15) is 9.59 Å². The third-order valence-corrected chi connectivity index (χ3v) is 6.32. The highest BCUT2D eigenvalue weighted by atomic mass is 16.5. The van der Waals surface area contributed by atoms with Gasteiger partial charge in [-0.15, -0.1) is 0 Å². The molecule has 4 aliphatic rings. The van der Waals surface area contributed by atoms with E-state index in [2.05, 4.69) is 4.90 Å². The van der Waals surface area contributed by atoms with Gasteiger partial charge in [0.05, 0.1) is 12.5 Å². The van der Waals surface area contributed by atoms with Crippen LogP contribution in [-0.4, -0.2) is 60.0 Å². The fourth-order valence-electron chi connectivity index (χ4n) is 4.63. The van der Waals surface area contributed by atoms with Gasteiger partial charge in [-0.25, -0.2) is 0 Å². The van der Waals surface area contributed by atoms with Crippen molar-refractivity contribution in [3.8, 4) is 0 Å². The molecule has 4 rings (SSSR count). The molecule has 3 aliphatic heterocycles. The quantitative estimate of drug-likeness (QED) is 0.797. The van der Waals surface area contributed by atoms with E-state index < -0.39 is 0 Å². The molecule has 0 radical (unpaired) electrons. The lowest BCUT2D eigenvalue weighted by Gasteiger charge is -2.38. The Morgan fingerprint density at radius 1 is 1.17 bits per heavy atom. The summed E-state index contributed by atoms with van der Waals surface area (Å²) in [7, 11) is 0. The minimum absolute atomic E-state index is 0.0425. The van der Waals surface area contributed by atoms with Crippen LogP contribution in [0.1, 0.15) is 51.4 Å². The normalized spacial score (nSPS) is 35.1. The molecule has 2 amide bonds. The molecule has 0 aromatic heterocycles. The average molecular weight is 320 g/mol. The summed E-state index contributed by atoms with van der Waals surface area (Å²) in [5.74, 6) is 1.43. The molecule has 5 heteroatoms. The van der Waals surface area contributed by atoms with Gasteiger partial charge in [-0.3, -0.25) is 9.59 Å². The zero-order valence-corrected chi connectivity index (χ0v) is 14.0. The lowest BCUT2D eigenvalue weighted by atomic mass is 9.87. The highest BCUT2D eigenvalue weighted by Crippen LogP contribution is 2.42. The summed E-state index contributed by atoms with van der Waals surface area (Å²) in [6.07, 6.45) is 8.18. The molecule has 3 saturated heterocycles. The number of carbonyl (C=O) groups is 2. The minimum atomic E-state index is 0.0425. The molecule has 23 heavy (non-hydrogen) atoms. The van der Waals surface area contributed by atoms with Gasteiger partial charge in [0.15, 0.2) is 0 Å². The van der Waals surface area contributed by atoms with Crippen molar-refractivity contribution in [3.63, 3.8) is 0 Å². The number of ether oxygens (including phenoxy) is 1. The second-order valence-corrected chi connectivity index (χ2v) is 7.91. The monoisotopic (exact) mass is 320 g/mol. The van der Waals surface area contributed by atoms with E-state index in [0.717, 1.165) is 64.3 Å². The summed E-state index contributed by atoms with van der Waals surface area (Å²) in [6.45, 7) is 3.93. The smallest absolute Gasteiger partial charge is 0.228 e. The molecule has 4 fully saturated rings. The molecule has 0 aromatic carbocycles. The van der Waals surface area contributed by atoms with Crippen molar-refractivity contribution in [3.05, 3.63) is 0 Å². The summed E-state index contributed by atoms with van der Waals surface area (Å²) in [5.41, 5.74) is 0.0425. The second kappa shape index (κ2) is 6.08. The first-order valence-electron chi connectivity index (χ1n) is 9.35. The topological polar surface area (TPSA) is 49.9 Å². The van der Waals surface area contributed by atoms with Crippen LogP contribution in [0.3, 0.4) is 0 Å². The lowest BCUT2D eigenvalue weighted by Crippen LogP contribution is -2.47. The third-order valence-electron chi connectivity index (χ3n) is 6.32. The standard InChI is InChI=1S/C18H28N2O3/c21-16-4-7-18(20(16)12-14-2-3-14)6-1-9-19(10-8-18)17(22)15-5-11-23-13-15/h14-15H,1-13H2/t15-,18+/m0/s1. The van der Waals surface area contributed by atoms with Gasteiger partial charge in [-0.1, -0.05) is 0 Å². The summed E-state index contributed by atoms with van der Waals surface area (Å²) in [6, 6.07) is 0. The Kier molecular flexibility index (Phi) is 4.08. The predicted octanol–water partition coefficient (Wildman–Crippen LogP) is 1.81. The Labute approximate surface area is 138 Å². The zero-order chi connectivity index (χ0) is 15.9. The van der Waals surface area contributed by atoms with E-state index >= 15 is 0 Å². The van der Waals surface area contributed by atoms with Crippen LogP contribution in [-0.2, 0) is 14.3 Å². The predicted molar refractivity (Wildman–Crippen MR) is 85.8 cm³/mol. The highest BCUT2D eigenvalue weighted by Gasteiger charge is 2.47. The van der Waals surface area contributed by atoms with Gasteiger partial charge in [-0.05, 0) is 50.9 Å². The zero-order valence-electron chi connectivity index (χ0n) is 14.0. The summed E-state index contributed by atoms with van der Waals surface area (Å²) in [5, 5.41) is 0. The van der Waals surface area contributed by atoms with E-state index in [1.807, 2.05) is 4.90 Å². The van der Waals surface area contributed by atoms with Gasteiger partial charge in [0.2, 0.25) is 11.8 Å². The van der Waals surface area contributed by atoms with Gasteiger partial charge in [0, 0.05) is 38.2 Å². The molecule has 0 N–H and O–H groups in total. The Balaban J connectivity index is 1.43. The summed E-state index contributed by atoms with van der Waals surface area (Å²) < 4.78 is 5.37. The molecule has 0 bridgehead atoms. The van der Waals surface area contributed by atoms with Crippen molar-refractivity contribution < 1.29 is 14.3 Å². The first kappa shape index (κ1) is 15.4. The maximum absolute atomic E-state index is 12.7. The van der Waals surface area contributed by atoms with E-state index in [1.165, 1.54) is 12.8 Å². The number of rotatable bonds is 3. The SMILES string of the molecule is O=C([C@H]1CCOC1)N1CCC[C@@]2(CCC(=O)N2CC2CC2)CC1. The Bertz CT molecular complexity index is 485. The van der Waals surface area contributed by atoms with Gasteiger partial charge in [0.1, 0.15) is 0 Å². The van der Waals surface area contributed by atoms with Crippen LogP contribution in [0.4, 0.5) is 0 Å². The van der Waals surface area contributed by atoms with Crippen LogP contribution in [0.5, 0.6) is 0 Å². The van der Waals surface area contributed by atoms with Crippen LogP contribution in [0.2, 0.25) is 0 Å². The molecular weight excluding hydrogens is 292 g/mol. The Morgan fingerprint density at radius 2 is 2.04 bits per heavy atom. The number of hydrogen-bond acceptors (Lipinski definition) is 3. The number of nitrogens with zero attached hydrogens (tertiary/aromatic N) is 2. The molecule has 3 heterocycles. The van der Waals surface area contributed by atoms with Crippen LogP contribution in [0.25, 0.3) is 0 Å². The van der Waals surface area contributed by atoms with Crippen LogP contribution in [0.15, 0.2) is 0 Å². The van der Waals surface area contributed by atoms with Gasteiger partial charge in [-0.2, -0.15) is 0 Å². The van der Waals surface area contributed by atoms with Crippen LogP contribution >= 0.6 is 0 Å². The van der Waals surface area contributed by atoms with E-state index in [0.29, 0.717) is 18.9 Å². The van der Waals surface area contributed by atoms with Crippen LogP contribution < -0.4 is 0 Å².